The van der Waals surface area contributed by atoms with Gasteiger partial charge >= 0.3 is 11.9 Å². The summed E-state index contributed by atoms with van der Waals surface area (Å²) >= 11 is 10.7. The van der Waals surface area contributed by atoms with Crippen molar-refractivity contribution in [1.29, 1.82) is 0 Å². The molecule has 22 heavy (non-hydrogen) atoms. The number of alkyl halides is 1. The number of unbranched alkanes of at least 4 members (excludes halogenated alkanes) is 2. The lowest BCUT2D eigenvalue weighted by Gasteiger charge is -2.12. The number of anilines is 1. The van der Waals surface area contributed by atoms with Crippen LogP contribution in [0.1, 0.15) is 46.9 Å². The van der Waals surface area contributed by atoms with Gasteiger partial charge in [0.05, 0.1) is 24.0 Å². The first-order valence-electron chi connectivity index (χ1n) is 6.19. The van der Waals surface area contributed by atoms with Crippen LogP contribution in [0, 0.1) is 10.7 Å². The fourth-order valence-corrected chi connectivity index (χ4v) is 5.68. The van der Waals surface area contributed by atoms with Gasteiger partial charge in [0.25, 0.3) is 0 Å². The minimum absolute atomic E-state index is 0.0588. The van der Waals surface area contributed by atoms with Crippen molar-refractivity contribution in [2.45, 2.75) is 26.2 Å². The molecule has 0 aromatic heterocycles. The molecule has 0 aliphatic heterocycles. The van der Waals surface area contributed by atoms with Crippen LogP contribution in [0.4, 0.5) is 5.69 Å². The van der Waals surface area contributed by atoms with Gasteiger partial charge < -0.3 is 15.9 Å². The molecule has 0 saturated heterocycles. The quantitative estimate of drug-likeness (QED) is 0.180. The molecule has 0 aliphatic carbocycles. The lowest BCUT2D eigenvalue weighted by atomic mass is 10.1. The summed E-state index contributed by atoms with van der Waals surface area (Å²) in [5, 5.41) is 18.0. The first-order chi connectivity index (χ1) is 10.2. The van der Waals surface area contributed by atoms with E-state index in [1.165, 1.54) is 19.3 Å². The van der Waals surface area contributed by atoms with Gasteiger partial charge in [-0.1, -0.05) is 19.8 Å². The van der Waals surface area contributed by atoms with Gasteiger partial charge in [0.2, 0.25) is 0 Å². The molecule has 0 saturated carbocycles. The minimum atomic E-state index is -1.18. The van der Waals surface area contributed by atoms with E-state index >= 15 is 0 Å². The Kier molecular flexibility index (Phi) is 11.3. The molecule has 4 N–H and O–H groups in total. The smallest absolute Gasteiger partial charge is 0.337 e. The zero-order valence-electron chi connectivity index (χ0n) is 11.6. The van der Waals surface area contributed by atoms with Crippen molar-refractivity contribution < 1.29 is 19.8 Å². The SMILES string of the molecule is CCCCCCl.Nc1c(I)c(C(=O)O)c(I)c(C(=O)O)c1I. The number of carbonyl (C=O) groups is 2. The fourth-order valence-electron chi connectivity index (χ4n) is 1.40. The number of halogens is 4. The Hall–Kier alpha value is 0.440. The van der Waals surface area contributed by atoms with Gasteiger partial charge in [-0.15, -0.1) is 11.6 Å². The van der Waals surface area contributed by atoms with Gasteiger partial charge in [-0.3, -0.25) is 0 Å². The summed E-state index contributed by atoms with van der Waals surface area (Å²) in [6.45, 7) is 2.17. The average molecular weight is 665 g/mol. The minimum Gasteiger partial charge on any atom is -0.478 e. The van der Waals surface area contributed by atoms with E-state index in [1.54, 1.807) is 67.8 Å². The fraction of sp³-hybridized carbons (Fsp3) is 0.385. The molecule has 0 bridgehead atoms. The molecule has 0 radical (unpaired) electrons. The Balaban J connectivity index is 0.000000626. The molecule has 0 spiro atoms. The second-order valence-corrected chi connectivity index (χ2v) is 7.73. The van der Waals surface area contributed by atoms with Gasteiger partial charge in [-0.2, -0.15) is 0 Å². The van der Waals surface area contributed by atoms with Crippen LogP contribution in [0.15, 0.2) is 0 Å². The zero-order valence-corrected chi connectivity index (χ0v) is 18.9. The normalized spacial score (nSPS) is 9.86. The molecule has 9 heteroatoms. The van der Waals surface area contributed by atoms with Crippen LogP contribution in [0.5, 0.6) is 0 Å². The Morgan fingerprint density at radius 3 is 1.64 bits per heavy atom. The number of hydrogen-bond donors (Lipinski definition) is 3. The van der Waals surface area contributed by atoms with Crippen molar-refractivity contribution in [3.8, 4) is 0 Å². The van der Waals surface area contributed by atoms with Crippen molar-refractivity contribution in [3.63, 3.8) is 0 Å². The van der Waals surface area contributed by atoms with Gasteiger partial charge in [0, 0.05) is 9.45 Å². The van der Waals surface area contributed by atoms with E-state index in [1.807, 2.05) is 0 Å². The molecule has 5 nitrogen and oxygen atoms in total. The van der Waals surface area contributed by atoms with Crippen LogP contribution in [-0.2, 0) is 0 Å². The standard InChI is InChI=1S/C8H4I3NO4.C5H11Cl/c9-3-1(7(13)14)4(10)6(12)5(11)2(3)8(15)16;1-2-3-4-5-6/h12H2,(H,13,14)(H,15,16);2-5H2,1H3. The molecule has 0 atom stereocenters. The molecule has 0 amide bonds. The molecule has 1 aromatic carbocycles. The third-order valence-corrected chi connectivity index (χ3v) is 6.10. The first-order valence-corrected chi connectivity index (χ1v) is 9.96. The Labute approximate surface area is 174 Å². The van der Waals surface area contributed by atoms with Crippen molar-refractivity contribution >= 4 is 97.0 Å². The number of carboxylic acids is 2. The maximum atomic E-state index is 11.0. The van der Waals surface area contributed by atoms with Crippen LogP contribution >= 0.6 is 79.4 Å². The van der Waals surface area contributed by atoms with E-state index in [4.69, 9.17) is 27.5 Å². The largest absolute Gasteiger partial charge is 0.478 e. The van der Waals surface area contributed by atoms with Crippen LogP contribution in [0.2, 0.25) is 0 Å². The molecule has 0 fully saturated rings. The van der Waals surface area contributed by atoms with Gasteiger partial charge in [0.1, 0.15) is 0 Å². The number of benzene rings is 1. The van der Waals surface area contributed by atoms with Crippen LogP contribution in [-0.4, -0.2) is 28.0 Å². The lowest BCUT2D eigenvalue weighted by molar-refractivity contribution is 0.0694. The highest BCUT2D eigenvalue weighted by molar-refractivity contribution is 14.1. The zero-order chi connectivity index (χ0) is 17.4. The lowest BCUT2D eigenvalue weighted by Crippen LogP contribution is -2.14. The van der Waals surface area contributed by atoms with Gasteiger partial charge in [-0.05, 0) is 74.2 Å². The Morgan fingerprint density at radius 2 is 1.41 bits per heavy atom. The number of aromatic carboxylic acids is 2. The summed E-state index contributed by atoms with van der Waals surface area (Å²) in [5.41, 5.74) is 5.76. The summed E-state index contributed by atoms with van der Waals surface area (Å²) in [7, 11) is 0. The maximum absolute atomic E-state index is 11.0. The predicted octanol–water partition coefficient (Wildman–Crippen LogP) is 4.89. The van der Waals surface area contributed by atoms with Crippen molar-refractivity contribution in [1.82, 2.24) is 0 Å². The van der Waals surface area contributed by atoms with E-state index in [0.717, 1.165) is 5.88 Å². The second kappa shape index (κ2) is 11.1. The molecule has 1 rings (SSSR count). The third kappa shape index (κ3) is 6.15. The number of nitrogens with two attached hydrogens (primary N) is 1. The van der Waals surface area contributed by atoms with Gasteiger partial charge in [-0.25, -0.2) is 9.59 Å². The first kappa shape index (κ1) is 22.4. The van der Waals surface area contributed by atoms with Gasteiger partial charge in [0.15, 0.2) is 0 Å². The number of carboxylic acid groups (broad SMARTS) is 2. The van der Waals surface area contributed by atoms with Crippen LogP contribution in [0.3, 0.4) is 0 Å². The van der Waals surface area contributed by atoms with E-state index in [-0.39, 0.29) is 20.4 Å². The summed E-state index contributed by atoms with van der Waals surface area (Å²) in [6, 6.07) is 0. The molecule has 124 valence electrons. The molecular weight excluding hydrogens is 650 g/mol. The topological polar surface area (TPSA) is 101 Å². The van der Waals surface area contributed by atoms with Crippen molar-refractivity contribution in [3.05, 3.63) is 21.8 Å². The molecule has 0 aliphatic rings. The maximum Gasteiger partial charge on any atom is 0.337 e. The monoisotopic (exact) mass is 665 g/mol. The average Bonchev–Trinajstić information content (AvgIpc) is 2.42. The summed E-state index contributed by atoms with van der Waals surface area (Å²) in [4.78, 5) is 22.0. The second-order valence-electron chi connectivity index (χ2n) is 4.11. The third-order valence-electron chi connectivity index (χ3n) is 2.52. The molecule has 1 aromatic rings. The van der Waals surface area contributed by atoms with Crippen LogP contribution in [0.25, 0.3) is 0 Å². The Morgan fingerprint density at radius 1 is 1.00 bits per heavy atom. The van der Waals surface area contributed by atoms with Crippen molar-refractivity contribution in [2.75, 3.05) is 11.6 Å². The highest BCUT2D eigenvalue weighted by Crippen LogP contribution is 2.33. The number of nitrogen functional groups attached to an aromatic ring is 1. The summed E-state index contributed by atoms with van der Waals surface area (Å²) in [5.74, 6) is -1.53. The summed E-state index contributed by atoms with van der Waals surface area (Å²) < 4.78 is 0.924. The molecule has 0 unspecified atom stereocenters. The molecule has 0 heterocycles. The van der Waals surface area contributed by atoms with Crippen LogP contribution < -0.4 is 5.73 Å². The van der Waals surface area contributed by atoms with Crippen molar-refractivity contribution in [2.24, 2.45) is 0 Å². The molecular formula is C13H15ClI3NO4. The number of hydrogen-bond acceptors (Lipinski definition) is 3. The predicted molar refractivity (Wildman–Crippen MR) is 113 cm³/mol. The number of rotatable bonds is 5. The summed E-state index contributed by atoms with van der Waals surface area (Å²) in [6.07, 6.45) is 3.73. The van der Waals surface area contributed by atoms with E-state index in [9.17, 15) is 9.59 Å². The van der Waals surface area contributed by atoms with E-state index < -0.39 is 11.9 Å². The van der Waals surface area contributed by atoms with E-state index in [0.29, 0.717) is 7.14 Å². The highest BCUT2D eigenvalue weighted by Gasteiger charge is 2.26. The highest BCUT2D eigenvalue weighted by atomic mass is 127. The van der Waals surface area contributed by atoms with E-state index in [2.05, 4.69) is 6.92 Å². The Bertz CT molecular complexity index is 522.